The van der Waals surface area contributed by atoms with Crippen LogP contribution < -0.4 is 0 Å². The summed E-state index contributed by atoms with van der Waals surface area (Å²) in [7, 11) is 0. The molecule has 0 aliphatic rings. The lowest BCUT2D eigenvalue weighted by atomic mass is 10.3. The maximum absolute atomic E-state index is 10.6. The number of hydrogen-bond donors (Lipinski definition) is 1. The third-order valence-electron chi connectivity index (χ3n) is 1.16. The molecule has 1 aromatic heterocycles. The van der Waals surface area contributed by atoms with Gasteiger partial charge >= 0.3 is 0 Å². The van der Waals surface area contributed by atoms with E-state index in [-0.39, 0.29) is 10.9 Å². The molecule has 0 saturated heterocycles. The molecular formula is C6H6ClNO2S. The van der Waals surface area contributed by atoms with E-state index in [0.29, 0.717) is 5.56 Å². The fourth-order valence-corrected chi connectivity index (χ4v) is 1.49. The van der Waals surface area contributed by atoms with Gasteiger partial charge in [0.25, 0.3) is 0 Å². The summed E-state index contributed by atoms with van der Waals surface area (Å²) in [6.07, 6.45) is 1.46. The molecule has 1 N–H and O–H groups in total. The van der Waals surface area contributed by atoms with Crippen molar-refractivity contribution in [3.8, 4) is 0 Å². The Morgan fingerprint density at radius 1 is 1.73 bits per heavy atom. The second-order valence-corrected chi connectivity index (χ2v) is 3.00. The molecule has 0 aliphatic carbocycles. The van der Waals surface area contributed by atoms with Crippen LogP contribution in [-0.2, 0) is 17.0 Å². The van der Waals surface area contributed by atoms with E-state index in [9.17, 15) is 4.21 Å². The Morgan fingerprint density at radius 2 is 2.45 bits per heavy atom. The summed E-state index contributed by atoms with van der Waals surface area (Å²) in [5, 5.41) is 0.141. The molecule has 0 bridgehead atoms. The number of nitrogens with zero attached hydrogens (tertiary/aromatic N) is 1. The van der Waals surface area contributed by atoms with Crippen molar-refractivity contribution in [2.75, 3.05) is 0 Å². The molecule has 1 unspecified atom stereocenters. The predicted molar refractivity (Wildman–Crippen MR) is 42.8 cm³/mol. The van der Waals surface area contributed by atoms with Crippen molar-refractivity contribution in [2.24, 2.45) is 0 Å². The molecule has 0 radical (unpaired) electrons. The Labute approximate surface area is 71.7 Å². The van der Waals surface area contributed by atoms with Crippen LogP contribution in [0.1, 0.15) is 5.56 Å². The fraction of sp³-hybridized carbons (Fsp3) is 0.167. The van der Waals surface area contributed by atoms with Gasteiger partial charge < -0.3 is 4.55 Å². The van der Waals surface area contributed by atoms with E-state index in [2.05, 4.69) is 4.98 Å². The van der Waals surface area contributed by atoms with Crippen LogP contribution in [0.2, 0.25) is 0 Å². The highest BCUT2D eigenvalue weighted by Crippen LogP contribution is 2.10. The molecule has 0 aliphatic heterocycles. The van der Waals surface area contributed by atoms with Gasteiger partial charge in [-0.15, -0.1) is 11.6 Å². The molecule has 0 amide bonds. The highest BCUT2D eigenvalue weighted by Gasteiger charge is 2.06. The summed E-state index contributed by atoms with van der Waals surface area (Å²) >= 11 is 3.45. The minimum Gasteiger partial charge on any atom is -0.301 e. The van der Waals surface area contributed by atoms with Crippen LogP contribution in [0, 0.1) is 0 Å². The molecular weight excluding hydrogens is 186 g/mol. The van der Waals surface area contributed by atoms with Crippen LogP contribution >= 0.6 is 11.6 Å². The second kappa shape index (κ2) is 3.80. The van der Waals surface area contributed by atoms with Crippen LogP contribution in [0.5, 0.6) is 0 Å². The van der Waals surface area contributed by atoms with Crippen molar-refractivity contribution in [1.82, 2.24) is 4.98 Å². The third-order valence-corrected chi connectivity index (χ3v) is 2.15. The van der Waals surface area contributed by atoms with E-state index < -0.39 is 11.1 Å². The molecule has 1 aromatic rings. The third kappa shape index (κ3) is 1.99. The Hall–Kier alpha value is -0.450. The van der Waals surface area contributed by atoms with Crippen molar-refractivity contribution in [2.45, 2.75) is 10.9 Å². The molecule has 1 heterocycles. The highest BCUT2D eigenvalue weighted by atomic mass is 35.5. The van der Waals surface area contributed by atoms with E-state index in [4.69, 9.17) is 16.2 Å². The van der Waals surface area contributed by atoms with Crippen molar-refractivity contribution < 1.29 is 8.76 Å². The molecule has 3 nitrogen and oxygen atoms in total. The van der Waals surface area contributed by atoms with Gasteiger partial charge in [0.2, 0.25) is 11.1 Å². The van der Waals surface area contributed by atoms with Gasteiger partial charge in [-0.1, -0.05) is 6.07 Å². The molecule has 0 aromatic carbocycles. The number of alkyl halides is 1. The normalized spacial score (nSPS) is 12.9. The predicted octanol–water partition coefficient (Wildman–Crippen LogP) is 1.40. The summed E-state index contributed by atoms with van der Waals surface area (Å²) in [4.78, 5) is 3.71. The first kappa shape index (κ1) is 8.64. The second-order valence-electron chi connectivity index (χ2n) is 1.85. The lowest BCUT2D eigenvalue weighted by Crippen LogP contribution is -1.97. The van der Waals surface area contributed by atoms with Crippen LogP contribution in [0.15, 0.2) is 23.4 Å². The molecule has 1 atom stereocenters. The number of pyridine rings is 1. The first-order valence-corrected chi connectivity index (χ1v) is 4.50. The van der Waals surface area contributed by atoms with Crippen LogP contribution in [0.3, 0.4) is 0 Å². The molecule has 5 heteroatoms. The van der Waals surface area contributed by atoms with Crippen LogP contribution in [0.25, 0.3) is 0 Å². The standard InChI is InChI=1S/C6H6ClNO2S/c7-4-5-2-1-3-8-6(5)11(9)10/h1-3H,4H2,(H,9,10). The van der Waals surface area contributed by atoms with Gasteiger partial charge in [0.1, 0.15) is 0 Å². The lowest BCUT2D eigenvalue weighted by Gasteiger charge is -1.98. The number of halogens is 1. The van der Waals surface area contributed by atoms with E-state index in [1.165, 1.54) is 6.20 Å². The maximum Gasteiger partial charge on any atom is 0.206 e. The number of aromatic nitrogens is 1. The maximum atomic E-state index is 10.6. The van der Waals surface area contributed by atoms with Gasteiger partial charge in [-0.05, 0) is 6.07 Å². The number of rotatable bonds is 2. The first-order valence-electron chi connectivity index (χ1n) is 2.86. The van der Waals surface area contributed by atoms with Gasteiger partial charge in [-0.25, -0.2) is 9.19 Å². The average Bonchev–Trinajstić information content (AvgIpc) is 2.04. The van der Waals surface area contributed by atoms with Crippen molar-refractivity contribution in [3.05, 3.63) is 23.9 Å². The van der Waals surface area contributed by atoms with Gasteiger partial charge in [0.15, 0.2) is 5.03 Å². The largest absolute Gasteiger partial charge is 0.301 e. The lowest BCUT2D eigenvalue weighted by molar-refractivity contribution is 0.559. The van der Waals surface area contributed by atoms with Crippen molar-refractivity contribution >= 4 is 22.7 Å². The first-order chi connectivity index (χ1) is 5.25. The summed E-state index contributed by atoms with van der Waals surface area (Å²) in [5.74, 6) is 0.204. The highest BCUT2D eigenvalue weighted by molar-refractivity contribution is 7.79. The summed E-state index contributed by atoms with van der Waals surface area (Å²) in [6.45, 7) is 0. The topological polar surface area (TPSA) is 50.2 Å². The molecule has 11 heavy (non-hydrogen) atoms. The average molecular weight is 192 g/mol. The zero-order chi connectivity index (χ0) is 8.27. The van der Waals surface area contributed by atoms with E-state index >= 15 is 0 Å². The minimum absolute atomic E-state index is 0.141. The van der Waals surface area contributed by atoms with E-state index in [1.807, 2.05) is 0 Å². The minimum atomic E-state index is -2.04. The zero-order valence-electron chi connectivity index (χ0n) is 5.53. The molecule has 0 saturated carbocycles. The van der Waals surface area contributed by atoms with Crippen molar-refractivity contribution in [3.63, 3.8) is 0 Å². The van der Waals surface area contributed by atoms with E-state index in [0.717, 1.165) is 0 Å². The van der Waals surface area contributed by atoms with Gasteiger partial charge in [-0.2, -0.15) is 0 Å². The smallest absolute Gasteiger partial charge is 0.206 e. The molecule has 0 spiro atoms. The Kier molecular flexibility index (Phi) is 2.99. The molecule has 0 fully saturated rings. The molecule has 1 rings (SSSR count). The number of hydrogen-bond acceptors (Lipinski definition) is 2. The molecule has 60 valence electrons. The van der Waals surface area contributed by atoms with Crippen molar-refractivity contribution in [1.29, 1.82) is 0 Å². The van der Waals surface area contributed by atoms with Gasteiger partial charge in [0.05, 0.1) is 5.88 Å². The Morgan fingerprint density at radius 3 is 2.91 bits per heavy atom. The Bertz CT molecular complexity index is 279. The van der Waals surface area contributed by atoms with Crippen LogP contribution in [0.4, 0.5) is 0 Å². The summed E-state index contributed by atoms with van der Waals surface area (Å²) in [5.41, 5.74) is 0.593. The van der Waals surface area contributed by atoms with Gasteiger partial charge in [-0.3, -0.25) is 0 Å². The zero-order valence-corrected chi connectivity index (χ0v) is 7.10. The summed E-state index contributed by atoms with van der Waals surface area (Å²) < 4.78 is 19.3. The van der Waals surface area contributed by atoms with Gasteiger partial charge in [0, 0.05) is 11.8 Å². The van der Waals surface area contributed by atoms with E-state index in [1.54, 1.807) is 12.1 Å². The fourth-order valence-electron chi connectivity index (χ4n) is 0.683. The summed E-state index contributed by atoms with van der Waals surface area (Å²) in [6, 6.07) is 3.34. The SMILES string of the molecule is O=S(O)c1ncccc1CCl. The van der Waals surface area contributed by atoms with Crippen LogP contribution in [-0.4, -0.2) is 13.7 Å². The monoisotopic (exact) mass is 191 g/mol. The quantitative estimate of drug-likeness (QED) is 0.568. The Balaban J connectivity index is 3.12.